The van der Waals surface area contributed by atoms with Gasteiger partial charge in [0, 0.05) is 27.9 Å². The monoisotopic (exact) mass is 661 g/mol. The molecule has 8 nitrogen and oxygen atoms in total. The van der Waals surface area contributed by atoms with Crippen molar-refractivity contribution in [2.24, 2.45) is 0 Å². The van der Waals surface area contributed by atoms with Crippen molar-refractivity contribution in [1.29, 1.82) is 0 Å². The summed E-state index contributed by atoms with van der Waals surface area (Å²) in [5, 5.41) is 8.65. The van der Waals surface area contributed by atoms with Crippen molar-refractivity contribution in [2.45, 2.75) is 23.5 Å². The third-order valence-electron chi connectivity index (χ3n) is 6.65. The third-order valence-corrected chi connectivity index (χ3v) is 8.84. The average Bonchev–Trinajstić information content (AvgIpc) is 3.05. The van der Waals surface area contributed by atoms with Gasteiger partial charge in [0.25, 0.3) is 11.8 Å². The quantitative estimate of drug-likeness (QED) is 0.119. The Balaban J connectivity index is 1.30. The number of halogens is 2. The Morgan fingerprint density at radius 3 is 2.36 bits per heavy atom. The maximum atomic E-state index is 13.5. The summed E-state index contributed by atoms with van der Waals surface area (Å²) in [4.78, 5) is 40.4. The molecule has 0 fully saturated rings. The summed E-state index contributed by atoms with van der Waals surface area (Å²) in [6, 6.07) is 26.0. The number of fused-ring (bicyclic) bond motifs is 1. The van der Waals surface area contributed by atoms with E-state index in [1.54, 1.807) is 84.9 Å². The smallest absolute Gasteiger partial charge is 0.272 e. The molecule has 0 saturated heterocycles. The van der Waals surface area contributed by atoms with E-state index < -0.39 is 17.1 Å². The normalized spacial score (nSPS) is 13.0. The lowest BCUT2D eigenvalue weighted by molar-refractivity contribution is -0.116. The molecule has 4 aromatic carbocycles. The van der Waals surface area contributed by atoms with Gasteiger partial charge < -0.3 is 25.4 Å². The molecule has 0 spiro atoms. The minimum absolute atomic E-state index is 0.0312. The predicted molar refractivity (Wildman–Crippen MR) is 179 cm³/mol. The molecule has 0 aromatic heterocycles. The van der Waals surface area contributed by atoms with Gasteiger partial charge in [-0.1, -0.05) is 66.5 Å². The van der Waals surface area contributed by atoms with Gasteiger partial charge in [-0.05, 0) is 66.6 Å². The van der Waals surface area contributed by atoms with Crippen LogP contribution in [0.4, 0.5) is 11.4 Å². The molecule has 0 aliphatic carbocycles. The van der Waals surface area contributed by atoms with E-state index in [0.29, 0.717) is 58.7 Å². The molecule has 1 aliphatic heterocycles. The summed E-state index contributed by atoms with van der Waals surface area (Å²) in [7, 11) is 0. The molecule has 1 atom stereocenters. The van der Waals surface area contributed by atoms with E-state index in [1.807, 2.05) is 13.0 Å². The van der Waals surface area contributed by atoms with Gasteiger partial charge in [-0.2, -0.15) is 0 Å². The number of anilines is 2. The van der Waals surface area contributed by atoms with E-state index in [-0.39, 0.29) is 16.6 Å². The number of carbonyl (C=O) groups excluding carboxylic acids is 3. The summed E-state index contributed by atoms with van der Waals surface area (Å²) in [6.07, 6.45) is 2.04. The molecule has 45 heavy (non-hydrogen) atoms. The van der Waals surface area contributed by atoms with Crippen LogP contribution < -0.4 is 25.4 Å². The highest BCUT2D eigenvalue weighted by Gasteiger charge is 2.21. The molecule has 3 amide bonds. The number of hydrogen-bond acceptors (Lipinski definition) is 6. The molecule has 4 aromatic rings. The van der Waals surface area contributed by atoms with E-state index in [1.165, 1.54) is 17.8 Å². The Labute approximate surface area is 275 Å². The summed E-state index contributed by atoms with van der Waals surface area (Å²) < 4.78 is 11.2. The number of amides is 3. The van der Waals surface area contributed by atoms with Gasteiger partial charge in [-0.3, -0.25) is 14.4 Å². The van der Waals surface area contributed by atoms with Crippen LogP contribution in [0.5, 0.6) is 11.5 Å². The first-order chi connectivity index (χ1) is 21.8. The largest absolute Gasteiger partial charge is 0.486 e. The minimum atomic E-state index is -0.569. The van der Waals surface area contributed by atoms with Crippen LogP contribution in [0, 0.1) is 0 Å². The van der Waals surface area contributed by atoms with Crippen molar-refractivity contribution >= 4 is 70.1 Å². The predicted octanol–water partition coefficient (Wildman–Crippen LogP) is 7.68. The summed E-state index contributed by atoms with van der Waals surface area (Å²) >= 11 is 13.9. The van der Waals surface area contributed by atoms with Crippen LogP contribution in [-0.4, -0.2) is 36.2 Å². The van der Waals surface area contributed by atoms with Crippen LogP contribution in [0.3, 0.4) is 0 Å². The molecule has 11 heteroatoms. The van der Waals surface area contributed by atoms with Crippen molar-refractivity contribution in [3.63, 3.8) is 0 Å². The van der Waals surface area contributed by atoms with Gasteiger partial charge >= 0.3 is 0 Å². The first kappa shape index (κ1) is 32.0. The van der Waals surface area contributed by atoms with Gasteiger partial charge in [0.05, 0.1) is 15.3 Å². The highest BCUT2D eigenvalue weighted by molar-refractivity contribution is 8.00. The maximum absolute atomic E-state index is 13.5. The van der Waals surface area contributed by atoms with Gasteiger partial charge in [-0.15, -0.1) is 11.8 Å². The van der Waals surface area contributed by atoms with Gasteiger partial charge in [0.2, 0.25) is 5.91 Å². The maximum Gasteiger partial charge on any atom is 0.272 e. The molecule has 1 aliphatic rings. The topological polar surface area (TPSA) is 106 Å². The van der Waals surface area contributed by atoms with Crippen LogP contribution in [0.1, 0.15) is 29.3 Å². The van der Waals surface area contributed by atoms with Crippen LogP contribution in [0.15, 0.2) is 102 Å². The molecule has 0 bridgehead atoms. The van der Waals surface area contributed by atoms with E-state index in [4.69, 9.17) is 32.7 Å². The molecule has 230 valence electrons. The fourth-order valence-electron chi connectivity index (χ4n) is 4.41. The van der Waals surface area contributed by atoms with E-state index in [2.05, 4.69) is 16.0 Å². The fraction of sp³-hybridized carbons (Fsp3) is 0.147. The second-order valence-electron chi connectivity index (χ2n) is 9.87. The molecule has 1 heterocycles. The minimum Gasteiger partial charge on any atom is -0.486 e. The van der Waals surface area contributed by atoms with Crippen molar-refractivity contribution < 1.29 is 23.9 Å². The summed E-state index contributed by atoms with van der Waals surface area (Å²) in [6.45, 7) is 2.87. The standard InChI is InChI=1S/C34H29Cl2N3O5S/c1-2-30(34(42)38-24-14-15-28-29(20-24)44-17-16-43-28)45-25-12-7-11-23(19-25)37-33(41)27(18-22-10-6-13-26(35)31(22)36)39-32(40)21-8-4-3-5-9-21/h3-15,18-20,30H,2,16-17H2,1H3,(H,37,41)(H,38,42)(H,39,40)/b27-18+. The Hall–Kier alpha value is -4.44. The van der Waals surface area contributed by atoms with Crippen molar-refractivity contribution in [3.8, 4) is 11.5 Å². The van der Waals surface area contributed by atoms with Crippen LogP contribution in [-0.2, 0) is 9.59 Å². The van der Waals surface area contributed by atoms with Gasteiger partial charge in [0.1, 0.15) is 18.9 Å². The average molecular weight is 663 g/mol. The summed E-state index contributed by atoms with van der Waals surface area (Å²) in [5.41, 5.74) is 1.90. The Morgan fingerprint density at radius 2 is 1.58 bits per heavy atom. The molecule has 1 unspecified atom stereocenters. The fourth-order valence-corrected chi connectivity index (χ4v) is 5.78. The lowest BCUT2D eigenvalue weighted by Gasteiger charge is -2.20. The first-order valence-corrected chi connectivity index (χ1v) is 15.7. The lowest BCUT2D eigenvalue weighted by atomic mass is 10.1. The summed E-state index contributed by atoms with van der Waals surface area (Å²) in [5.74, 6) is 0.0398. The molecule has 3 N–H and O–H groups in total. The Morgan fingerprint density at radius 1 is 0.844 bits per heavy atom. The van der Waals surface area contributed by atoms with Crippen LogP contribution in [0.2, 0.25) is 10.0 Å². The second-order valence-corrected chi connectivity index (χ2v) is 11.9. The first-order valence-electron chi connectivity index (χ1n) is 14.1. The zero-order valence-corrected chi connectivity index (χ0v) is 26.5. The number of nitrogens with one attached hydrogen (secondary N) is 3. The molecular formula is C34H29Cl2N3O5S. The van der Waals surface area contributed by atoms with Gasteiger partial charge in [-0.25, -0.2) is 0 Å². The van der Waals surface area contributed by atoms with Crippen molar-refractivity contribution in [2.75, 3.05) is 23.8 Å². The number of rotatable bonds is 10. The highest BCUT2D eigenvalue weighted by Crippen LogP contribution is 2.34. The van der Waals surface area contributed by atoms with Crippen LogP contribution in [0.25, 0.3) is 6.08 Å². The van der Waals surface area contributed by atoms with Crippen molar-refractivity contribution in [3.05, 3.63) is 118 Å². The highest BCUT2D eigenvalue weighted by atomic mass is 35.5. The lowest BCUT2D eigenvalue weighted by Crippen LogP contribution is -2.30. The van der Waals surface area contributed by atoms with E-state index in [0.717, 1.165) is 4.90 Å². The third kappa shape index (κ3) is 8.39. The molecule has 0 radical (unpaired) electrons. The van der Waals surface area contributed by atoms with E-state index >= 15 is 0 Å². The van der Waals surface area contributed by atoms with Crippen LogP contribution >= 0.6 is 35.0 Å². The number of hydrogen-bond donors (Lipinski definition) is 3. The molecule has 0 saturated carbocycles. The Kier molecular flexibility index (Phi) is 10.7. The zero-order valence-electron chi connectivity index (χ0n) is 24.1. The number of thioether (sulfide) groups is 1. The number of benzene rings is 4. The Bertz CT molecular complexity index is 1750. The molecule has 5 rings (SSSR count). The van der Waals surface area contributed by atoms with Crippen molar-refractivity contribution in [1.82, 2.24) is 5.32 Å². The zero-order chi connectivity index (χ0) is 31.8. The SMILES string of the molecule is CCC(Sc1cccc(NC(=O)/C(=C\c2cccc(Cl)c2Cl)NC(=O)c2ccccc2)c1)C(=O)Nc1ccc2c(c1)OCCO2. The molecular weight excluding hydrogens is 633 g/mol. The van der Waals surface area contributed by atoms with Gasteiger partial charge in [0.15, 0.2) is 11.5 Å². The number of ether oxygens (including phenoxy) is 2. The second kappa shape index (κ2) is 15.0. The number of carbonyl (C=O) groups is 3. The van der Waals surface area contributed by atoms with E-state index in [9.17, 15) is 14.4 Å².